The van der Waals surface area contributed by atoms with Gasteiger partial charge in [0.2, 0.25) is 0 Å². The van der Waals surface area contributed by atoms with E-state index in [1.165, 1.54) is 4.90 Å². The summed E-state index contributed by atoms with van der Waals surface area (Å²) >= 11 is 0. The summed E-state index contributed by atoms with van der Waals surface area (Å²) in [4.78, 5) is 36.3. The Labute approximate surface area is 118 Å². The van der Waals surface area contributed by atoms with Crippen molar-refractivity contribution in [2.45, 2.75) is 51.6 Å². The van der Waals surface area contributed by atoms with E-state index in [0.29, 0.717) is 19.4 Å². The summed E-state index contributed by atoms with van der Waals surface area (Å²) in [7, 11) is 0. The minimum Gasteiger partial charge on any atom is -0.480 e. The highest BCUT2D eigenvalue weighted by atomic mass is 16.5. The van der Waals surface area contributed by atoms with Crippen LogP contribution in [0.5, 0.6) is 0 Å². The second-order valence-corrected chi connectivity index (χ2v) is 4.71. The quantitative estimate of drug-likeness (QED) is 0.734. The number of urea groups is 1. The lowest BCUT2D eigenvalue weighted by Gasteiger charge is -2.34. The molecule has 1 heterocycles. The van der Waals surface area contributed by atoms with Crippen molar-refractivity contribution in [3.8, 4) is 0 Å². The number of hydrogen-bond acceptors (Lipinski definition) is 4. The van der Waals surface area contributed by atoms with E-state index in [9.17, 15) is 14.4 Å². The number of likely N-dealkylation sites (tertiary alicyclic amines) is 1. The molecule has 7 nitrogen and oxygen atoms in total. The van der Waals surface area contributed by atoms with Crippen LogP contribution in [0.15, 0.2) is 0 Å². The van der Waals surface area contributed by atoms with Crippen molar-refractivity contribution in [3.63, 3.8) is 0 Å². The molecule has 2 amide bonds. The molecule has 2 atom stereocenters. The number of nitrogens with zero attached hydrogens (tertiary/aromatic N) is 1. The van der Waals surface area contributed by atoms with Gasteiger partial charge in [-0.05, 0) is 32.6 Å². The SMILES string of the molecule is CCOC(=O)C1CCCCN1C(=O)N[C@@H](CC)C(=O)O. The molecule has 2 N–H and O–H groups in total. The maximum absolute atomic E-state index is 12.1. The Morgan fingerprint density at radius 1 is 1.35 bits per heavy atom. The predicted octanol–water partition coefficient (Wildman–Crippen LogP) is 0.977. The predicted molar refractivity (Wildman–Crippen MR) is 71.2 cm³/mol. The number of carbonyl (C=O) groups is 3. The normalized spacial score (nSPS) is 20.1. The molecule has 1 saturated heterocycles. The Balaban J connectivity index is 2.71. The number of ether oxygens (including phenoxy) is 1. The van der Waals surface area contributed by atoms with E-state index in [0.717, 1.165) is 12.8 Å². The molecular weight excluding hydrogens is 264 g/mol. The van der Waals surface area contributed by atoms with Crippen molar-refractivity contribution in [1.29, 1.82) is 0 Å². The number of rotatable bonds is 5. The van der Waals surface area contributed by atoms with Crippen LogP contribution in [-0.4, -0.2) is 53.2 Å². The topological polar surface area (TPSA) is 95.9 Å². The minimum absolute atomic E-state index is 0.261. The molecule has 0 aromatic carbocycles. The molecule has 0 spiro atoms. The van der Waals surface area contributed by atoms with Gasteiger partial charge in [-0.3, -0.25) is 0 Å². The van der Waals surface area contributed by atoms with Crippen molar-refractivity contribution in [2.24, 2.45) is 0 Å². The number of aliphatic carboxylic acids is 1. The third kappa shape index (κ3) is 4.11. The number of piperidine rings is 1. The molecule has 1 aliphatic heterocycles. The monoisotopic (exact) mass is 286 g/mol. The van der Waals surface area contributed by atoms with Gasteiger partial charge in [-0.1, -0.05) is 6.92 Å². The Bertz CT molecular complexity index is 372. The third-order valence-electron chi connectivity index (χ3n) is 3.33. The largest absolute Gasteiger partial charge is 0.480 e. The van der Waals surface area contributed by atoms with Crippen LogP contribution in [-0.2, 0) is 14.3 Å². The summed E-state index contributed by atoms with van der Waals surface area (Å²) in [5.74, 6) is -1.50. The lowest BCUT2D eigenvalue weighted by molar-refractivity contribution is -0.149. The number of hydrogen-bond donors (Lipinski definition) is 2. The summed E-state index contributed by atoms with van der Waals surface area (Å²) in [6.07, 6.45) is 2.49. The van der Waals surface area contributed by atoms with Crippen molar-refractivity contribution < 1.29 is 24.2 Å². The van der Waals surface area contributed by atoms with Crippen LogP contribution in [0.4, 0.5) is 4.79 Å². The Morgan fingerprint density at radius 3 is 2.60 bits per heavy atom. The van der Waals surface area contributed by atoms with Crippen molar-refractivity contribution in [1.82, 2.24) is 10.2 Å². The van der Waals surface area contributed by atoms with Crippen LogP contribution in [0, 0.1) is 0 Å². The van der Waals surface area contributed by atoms with Gasteiger partial charge in [0.25, 0.3) is 0 Å². The molecule has 1 unspecified atom stereocenters. The maximum Gasteiger partial charge on any atom is 0.328 e. The molecule has 1 rings (SSSR count). The van der Waals surface area contributed by atoms with Gasteiger partial charge >= 0.3 is 18.0 Å². The van der Waals surface area contributed by atoms with E-state index < -0.39 is 30.1 Å². The van der Waals surface area contributed by atoms with Gasteiger partial charge in [0.15, 0.2) is 0 Å². The summed E-state index contributed by atoms with van der Waals surface area (Å²) in [5.41, 5.74) is 0. The van der Waals surface area contributed by atoms with Crippen LogP contribution in [0.1, 0.15) is 39.5 Å². The number of carboxylic acids is 1. The van der Waals surface area contributed by atoms with Crippen LogP contribution >= 0.6 is 0 Å². The van der Waals surface area contributed by atoms with Gasteiger partial charge in [-0.2, -0.15) is 0 Å². The first kappa shape index (κ1) is 16.3. The number of nitrogens with one attached hydrogen (secondary N) is 1. The highest BCUT2D eigenvalue weighted by Crippen LogP contribution is 2.18. The van der Waals surface area contributed by atoms with Gasteiger partial charge in [0.05, 0.1) is 6.61 Å². The molecule has 0 radical (unpaired) electrons. The van der Waals surface area contributed by atoms with Gasteiger partial charge in [0.1, 0.15) is 12.1 Å². The highest BCUT2D eigenvalue weighted by molar-refractivity contribution is 5.86. The van der Waals surface area contributed by atoms with Crippen LogP contribution in [0.2, 0.25) is 0 Å². The lowest BCUT2D eigenvalue weighted by Crippen LogP contribution is -2.55. The first-order chi connectivity index (χ1) is 9.51. The molecule has 1 aliphatic rings. The standard InChI is InChI=1S/C13H22N2O5/c1-3-9(11(16)17)14-13(19)15-8-6-5-7-10(15)12(18)20-4-2/h9-10H,3-8H2,1-2H3,(H,14,19)(H,16,17)/t9-,10?/m0/s1. The summed E-state index contributed by atoms with van der Waals surface area (Å²) < 4.78 is 4.96. The fraction of sp³-hybridized carbons (Fsp3) is 0.769. The summed E-state index contributed by atoms with van der Waals surface area (Å²) in [5, 5.41) is 11.4. The second kappa shape index (κ2) is 7.72. The van der Waals surface area contributed by atoms with Crippen LogP contribution in [0.3, 0.4) is 0 Å². The lowest BCUT2D eigenvalue weighted by atomic mass is 10.0. The number of carboxylic acid groups (broad SMARTS) is 1. The van der Waals surface area contributed by atoms with E-state index >= 15 is 0 Å². The molecule has 114 valence electrons. The number of amides is 2. The molecule has 0 aromatic heterocycles. The Kier molecular flexibility index (Phi) is 6.27. The molecule has 20 heavy (non-hydrogen) atoms. The molecule has 0 aromatic rings. The first-order valence-corrected chi connectivity index (χ1v) is 6.97. The molecular formula is C13H22N2O5. The van der Waals surface area contributed by atoms with Crippen LogP contribution in [0.25, 0.3) is 0 Å². The van der Waals surface area contributed by atoms with Gasteiger partial charge < -0.3 is 20.1 Å². The molecule has 1 fully saturated rings. The molecule has 0 saturated carbocycles. The van der Waals surface area contributed by atoms with E-state index in [-0.39, 0.29) is 6.61 Å². The average molecular weight is 286 g/mol. The minimum atomic E-state index is -1.08. The van der Waals surface area contributed by atoms with E-state index in [2.05, 4.69) is 5.32 Å². The summed E-state index contributed by atoms with van der Waals surface area (Å²) in [6.45, 7) is 4.09. The number of esters is 1. The first-order valence-electron chi connectivity index (χ1n) is 6.97. The highest BCUT2D eigenvalue weighted by Gasteiger charge is 2.34. The molecule has 0 aliphatic carbocycles. The van der Waals surface area contributed by atoms with Crippen molar-refractivity contribution in [3.05, 3.63) is 0 Å². The van der Waals surface area contributed by atoms with Gasteiger partial charge in [-0.25, -0.2) is 14.4 Å². The smallest absolute Gasteiger partial charge is 0.328 e. The fourth-order valence-corrected chi connectivity index (χ4v) is 2.23. The van der Waals surface area contributed by atoms with Crippen LogP contribution < -0.4 is 5.32 Å². The third-order valence-corrected chi connectivity index (χ3v) is 3.33. The summed E-state index contributed by atoms with van der Waals surface area (Å²) in [6, 6.07) is -2.07. The van der Waals surface area contributed by atoms with E-state index in [1.807, 2.05) is 0 Å². The second-order valence-electron chi connectivity index (χ2n) is 4.71. The fourth-order valence-electron chi connectivity index (χ4n) is 2.23. The molecule has 0 bridgehead atoms. The Morgan fingerprint density at radius 2 is 2.05 bits per heavy atom. The maximum atomic E-state index is 12.1. The zero-order valence-corrected chi connectivity index (χ0v) is 11.9. The Hall–Kier alpha value is -1.79. The zero-order chi connectivity index (χ0) is 15.1. The van der Waals surface area contributed by atoms with Gasteiger partial charge in [0, 0.05) is 6.54 Å². The van der Waals surface area contributed by atoms with E-state index in [4.69, 9.17) is 9.84 Å². The molecule has 7 heteroatoms. The zero-order valence-electron chi connectivity index (χ0n) is 11.9. The van der Waals surface area contributed by atoms with E-state index in [1.54, 1.807) is 13.8 Å². The van der Waals surface area contributed by atoms with Crippen molar-refractivity contribution >= 4 is 18.0 Å². The van der Waals surface area contributed by atoms with Gasteiger partial charge in [-0.15, -0.1) is 0 Å². The average Bonchev–Trinajstić information content (AvgIpc) is 2.44. The van der Waals surface area contributed by atoms with Crippen molar-refractivity contribution in [2.75, 3.05) is 13.2 Å². The number of carbonyl (C=O) groups excluding carboxylic acids is 2.